The Morgan fingerprint density at radius 2 is 1.95 bits per heavy atom. The number of carbonyl (C=O) groups is 1. The average Bonchev–Trinajstić information content (AvgIpc) is 2.38. The molecule has 2 rings (SSSR count). The predicted octanol–water partition coefficient (Wildman–Crippen LogP) is 1.86. The van der Waals surface area contributed by atoms with E-state index in [1.165, 1.54) is 7.11 Å². The first-order chi connectivity index (χ1) is 8.88. The van der Waals surface area contributed by atoms with Crippen LogP contribution >= 0.6 is 0 Å². The number of ether oxygens (including phenoxy) is 2. The SMILES string of the molecule is COC(=O)[C@]1(c2ccccc2)O[C@@H](C(C)O)C1(C)C. The van der Waals surface area contributed by atoms with Crippen molar-refractivity contribution >= 4 is 5.97 Å². The molecular weight excluding hydrogens is 244 g/mol. The lowest BCUT2D eigenvalue weighted by Gasteiger charge is -2.59. The van der Waals surface area contributed by atoms with Gasteiger partial charge in [0.05, 0.1) is 19.3 Å². The van der Waals surface area contributed by atoms with Crippen LogP contribution in [0, 0.1) is 5.41 Å². The smallest absolute Gasteiger partial charge is 0.343 e. The van der Waals surface area contributed by atoms with E-state index in [1.807, 2.05) is 44.2 Å². The fourth-order valence-corrected chi connectivity index (χ4v) is 3.02. The normalized spacial score (nSPS) is 30.3. The summed E-state index contributed by atoms with van der Waals surface area (Å²) in [7, 11) is 1.35. The number of benzene rings is 1. The number of hydrogen-bond donors (Lipinski definition) is 1. The van der Waals surface area contributed by atoms with E-state index in [2.05, 4.69) is 0 Å². The quantitative estimate of drug-likeness (QED) is 0.847. The fourth-order valence-electron chi connectivity index (χ4n) is 3.02. The van der Waals surface area contributed by atoms with Crippen LogP contribution in [0.1, 0.15) is 26.3 Å². The summed E-state index contributed by atoms with van der Waals surface area (Å²) in [6.45, 7) is 5.49. The van der Waals surface area contributed by atoms with Gasteiger partial charge in [-0.05, 0) is 12.5 Å². The molecule has 0 radical (unpaired) electrons. The van der Waals surface area contributed by atoms with Gasteiger partial charge < -0.3 is 14.6 Å². The minimum atomic E-state index is -1.15. The molecule has 1 heterocycles. The summed E-state index contributed by atoms with van der Waals surface area (Å²) >= 11 is 0. The summed E-state index contributed by atoms with van der Waals surface area (Å²) in [5.41, 5.74) is -0.941. The first-order valence-electron chi connectivity index (χ1n) is 6.37. The molecular formula is C15H20O4. The van der Waals surface area contributed by atoms with Crippen LogP contribution in [0.25, 0.3) is 0 Å². The molecule has 0 aromatic heterocycles. The maximum absolute atomic E-state index is 12.3. The highest BCUT2D eigenvalue weighted by Gasteiger charge is 2.69. The fraction of sp³-hybridized carbons (Fsp3) is 0.533. The Morgan fingerprint density at radius 1 is 1.37 bits per heavy atom. The first kappa shape index (κ1) is 14.0. The third-order valence-corrected chi connectivity index (χ3v) is 4.01. The summed E-state index contributed by atoms with van der Waals surface area (Å²) in [4.78, 5) is 12.3. The molecule has 1 aromatic carbocycles. The Kier molecular flexibility index (Phi) is 3.41. The van der Waals surface area contributed by atoms with Crippen LogP contribution in [-0.4, -0.2) is 30.4 Å². The zero-order valence-electron chi connectivity index (χ0n) is 11.7. The second kappa shape index (κ2) is 4.62. The molecule has 0 aliphatic carbocycles. The van der Waals surface area contributed by atoms with Crippen molar-refractivity contribution in [2.75, 3.05) is 7.11 Å². The lowest BCUT2D eigenvalue weighted by Crippen LogP contribution is -2.70. The van der Waals surface area contributed by atoms with Crippen molar-refractivity contribution < 1.29 is 19.4 Å². The van der Waals surface area contributed by atoms with Crippen LogP contribution in [0.2, 0.25) is 0 Å². The molecule has 104 valence electrons. The van der Waals surface area contributed by atoms with E-state index in [0.29, 0.717) is 0 Å². The number of methoxy groups -OCH3 is 1. The Morgan fingerprint density at radius 3 is 2.37 bits per heavy atom. The van der Waals surface area contributed by atoms with Crippen molar-refractivity contribution in [2.45, 2.75) is 38.6 Å². The molecule has 0 bridgehead atoms. The van der Waals surface area contributed by atoms with Crippen molar-refractivity contribution in [3.05, 3.63) is 35.9 Å². The summed E-state index contributed by atoms with van der Waals surface area (Å²) in [6, 6.07) is 9.28. The lowest BCUT2D eigenvalue weighted by molar-refractivity contribution is -0.328. The third-order valence-electron chi connectivity index (χ3n) is 4.01. The number of hydrogen-bond acceptors (Lipinski definition) is 4. The number of aliphatic hydroxyl groups excluding tert-OH is 1. The molecule has 0 spiro atoms. The molecule has 0 saturated carbocycles. The molecule has 4 nitrogen and oxygen atoms in total. The van der Waals surface area contributed by atoms with E-state index in [0.717, 1.165) is 5.56 Å². The number of carbonyl (C=O) groups excluding carboxylic acids is 1. The van der Waals surface area contributed by atoms with Crippen LogP contribution < -0.4 is 0 Å². The predicted molar refractivity (Wildman–Crippen MR) is 70.5 cm³/mol. The topological polar surface area (TPSA) is 55.8 Å². The zero-order chi connectivity index (χ0) is 14.3. The summed E-state index contributed by atoms with van der Waals surface area (Å²) in [5, 5.41) is 9.76. The molecule has 3 atom stereocenters. The van der Waals surface area contributed by atoms with Crippen LogP contribution in [-0.2, 0) is 19.9 Å². The Labute approximate surface area is 113 Å². The molecule has 1 N–H and O–H groups in total. The maximum Gasteiger partial charge on any atom is 0.343 e. The van der Waals surface area contributed by atoms with Gasteiger partial charge in [0.1, 0.15) is 0 Å². The molecule has 1 saturated heterocycles. The van der Waals surface area contributed by atoms with Gasteiger partial charge in [-0.2, -0.15) is 0 Å². The van der Waals surface area contributed by atoms with E-state index in [9.17, 15) is 9.90 Å². The monoisotopic (exact) mass is 264 g/mol. The molecule has 1 aromatic rings. The van der Waals surface area contributed by atoms with Crippen molar-refractivity contribution in [3.63, 3.8) is 0 Å². The second-order valence-electron chi connectivity index (χ2n) is 5.54. The highest BCUT2D eigenvalue weighted by molar-refractivity contribution is 5.84. The van der Waals surface area contributed by atoms with Gasteiger partial charge >= 0.3 is 5.97 Å². The maximum atomic E-state index is 12.3. The Hall–Kier alpha value is -1.39. The standard InChI is InChI=1S/C15H20O4/c1-10(16)12-14(2,3)15(19-12,13(17)18-4)11-8-6-5-7-9-11/h5-10,12,16H,1-4H3/t10?,12-,15-/m0/s1. The van der Waals surface area contributed by atoms with Crippen molar-refractivity contribution in [2.24, 2.45) is 5.41 Å². The first-order valence-corrected chi connectivity index (χ1v) is 6.37. The second-order valence-corrected chi connectivity index (χ2v) is 5.54. The van der Waals surface area contributed by atoms with Gasteiger partial charge in [-0.15, -0.1) is 0 Å². The van der Waals surface area contributed by atoms with Gasteiger partial charge in [0.15, 0.2) is 5.60 Å². The molecule has 19 heavy (non-hydrogen) atoms. The number of esters is 1. The van der Waals surface area contributed by atoms with Crippen LogP contribution in [0.3, 0.4) is 0 Å². The summed E-state index contributed by atoms with van der Waals surface area (Å²) in [6.07, 6.45) is -1.04. The molecule has 0 amide bonds. The van der Waals surface area contributed by atoms with Gasteiger partial charge in [-0.1, -0.05) is 44.2 Å². The van der Waals surface area contributed by atoms with Gasteiger partial charge in [0.25, 0.3) is 0 Å². The average molecular weight is 264 g/mol. The lowest BCUT2D eigenvalue weighted by atomic mass is 9.61. The van der Waals surface area contributed by atoms with E-state index < -0.39 is 29.2 Å². The van der Waals surface area contributed by atoms with Crippen LogP contribution in [0.5, 0.6) is 0 Å². The van der Waals surface area contributed by atoms with Gasteiger partial charge in [0, 0.05) is 5.41 Å². The molecule has 1 aliphatic rings. The summed E-state index contributed by atoms with van der Waals surface area (Å²) < 4.78 is 10.7. The van der Waals surface area contributed by atoms with Gasteiger partial charge in [-0.3, -0.25) is 0 Å². The molecule has 4 heteroatoms. The van der Waals surface area contributed by atoms with E-state index in [1.54, 1.807) is 6.92 Å². The third kappa shape index (κ3) is 1.78. The minimum absolute atomic E-state index is 0.396. The van der Waals surface area contributed by atoms with Gasteiger partial charge in [-0.25, -0.2) is 4.79 Å². The highest BCUT2D eigenvalue weighted by atomic mass is 16.6. The minimum Gasteiger partial charge on any atom is -0.467 e. The van der Waals surface area contributed by atoms with E-state index in [-0.39, 0.29) is 0 Å². The molecule has 1 aliphatic heterocycles. The van der Waals surface area contributed by atoms with E-state index in [4.69, 9.17) is 9.47 Å². The molecule has 1 fully saturated rings. The van der Waals surface area contributed by atoms with Crippen molar-refractivity contribution in [3.8, 4) is 0 Å². The van der Waals surface area contributed by atoms with E-state index >= 15 is 0 Å². The van der Waals surface area contributed by atoms with Gasteiger partial charge in [0.2, 0.25) is 0 Å². The van der Waals surface area contributed by atoms with Crippen molar-refractivity contribution in [1.29, 1.82) is 0 Å². The van der Waals surface area contributed by atoms with Crippen LogP contribution in [0.4, 0.5) is 0 Å². The summed E-state index contributed by atoms with van der Waals surface area (Å²) in [5.74, 6) is -0.430. The number of aliphatic hydroxyl groups is 1. The highest BCUT2D eigenvalue weighted by Crippen LogP contribution is 2.57. The van der Waals surface area contributed by atoms with Crippen molar-refractivity contribution in [1.82, 2.24) is 0 Å². The Balaban J connectivity index is 2.49. The zero-order valence-corrected chi connectivity index (χ0v) is 11.7. The molecule has 1 unspecified atom stereocenters. The number of rotatable bonds is 3. The largest absolute Gasteiger partial charge is 0.467 e. The Bertz CT molecular complexity index is 466. The van der Waals surface area contributed by atoms with Crippen LogP contribution in [0.15, 0.2) is 30.3 Å².